The molecule has 1 amide bonds. The summed E-state index contributed by atoms with van der Waals surface area (Å²) in [4.78, 5) is 16.4. The molecule has 0 aliphatic rings. The van der Waals surface area contributed by atoms with Crippen molar-refractivity contribution in [1.29, 1.82) is 0 Å². The highest BCUT2D eigenvalue weighted by Crippen LogP contribution is 2.29. The summed E-state index contributed by atoms with van der Waals surface area (Å²) in [6.45, 7) is 9.95. The molecule has 0 fully saturated rings. The van der Waals surface area contributed by atoms with Crippen LogP contribution in [0.25, 0.3) is 0 Å². The van der Waals surface area contributed by atoms with E-state index in [2.05, 4.69) is 36.2 Å². The highest BCUT2D eigenvalue weighted by molar-refractivity contribution is 7.12. The third kappa shape index (κ3) is 4.60. The van der Waals surface area contributed by atoms with Crippen molar-refractivity contribution in [2.45, 2.75) is 39.8 Å². The van der Waals surface area contributed by atoms with Crippen molar-refractivity contribution in [2.24, 2.45) is 5.73 Å². The van der Waals surface area contributed by atoms with E-state index in [-0.39, 0.29) is 18.0 Å². The summed E-state index contributed by atoms with van der Waals surface area (Å²) >= 11 is 1.75. The quantitative estimate of drug-likeness (QED) is 0.803. The largest absolute Gasteiger partial charge is 0.355 e. The second kappa shape index (κ2) is 7.62. The average molecular weight is 283 g/mol. The van der Waals surface area contributed by atoms with Gasteiger partial charge in [-0.2, -0.15) is 0 Å². The van der Waals surface area contributed by atoms with Crippen molar-refractivity contribution >= 4 is 17.2 Å². The van der Waals surface area contributed by atoms with Crippen LogP contribution >= 0.6 is 11.3 Å². The van der Waals surface area contributed by atoms with Crippen molar-refractivity contribution in [3.63, 3.8) is 0 Å². The Kier molecular flexibility index (Phi) is 6.48. The van der Waals surface area contributed by atoms with E-state index in [9.17, 15) is 4.79 Å². The lowest BCUT2D eigenvalue weighted by molar-refractivity contribution is -0.122. The van der Waals surface area contributed by atoms with Gasteiger partial charge in [-0.25, -0.2) is 0 Å². The summed E-state index contributed by atoms with van der Waals surface area (Å²) in [7, 11) is 0. The van der Waals surface area contributed by atoms with Crippen molar-refractivity contribution < 1.29 is 4.79 Å². The zero-order chi connectivity index (χ0) is 14.4. The van der Waals surface area contributed by atoms with Crippen LogP contribution in [0.15, 0.2) is 12.1 Å². The zero-order valence-corrected chi connectivity index (χ0v) is 13.1. The summed E-state index contributed by atoms with van der Waals surface area (Å²) in [5.74, 6) is 0.0586. The normalized spacial score (nSPS) is 14.4. The van der Waals surface area contributed by atoms with Crippen LogP contribution in [0.2, 0.25) is 0 Å². The number of aryl methyl sites for hydroxylation is 1. The fraction of sp³-hybridized carbons (Fsp3) is 0.643. The topological polar surface area (TPSA) is 58.4 Å². The van der Waals surface area contributed by atoms with Gasteiger partial charge in [-0.05, 0) is 39.4 Å². The SMILES string of the molecule is CCNC(=O)CN(CC)C(c1ccc(C)s1)C(C)N. The number of hydrogen-bond acceptors (Lipinski definition) is 4. The molecular formula is C14H25N3OS. The number of rotatable bonds is 7. The Hall–Kier alpha value is -0.910. The number of hydrogen-bond donors (Lipinski definition) is 2. The minimum Gasteiger partial charge on any atom is -0.355 e. The Labute approximate surface area is 120 Å². The molecule has 0 aromatic carbocycles. The molecule has 1 rings (SSSR count). The van der Waals surface area contributed by atoms with Crippen LogP contribution in [0.4, 0.5) is 0 Å². The first-order valence-electron chi connectivity index (χ1n) is 6.82. The van der Waals surface area contributed by atoms with Gasteiger partial charge < -0.3 is 11.1 Å². The molecule has 0 radical (unpaired) electrons. The fourth-order valence-corrected chi connectivity index (χ4v) is 3.36. The van der Waals surface area contributed by atoms with E-state index in [1.807, 2.05) is 13.8 Å². The molecule has 1 aromatic rings. The van der Waals surface area contributed by atoms with Crippen molar-refractivity contribution in [3.05, 3.63) is 21.9 Å². The molecule has 0 aliphatic heterocycles. The van der Waals surface area contributed by atoms with Gasteiger partial charge in [0.25, 0.3) is 0 Å². The zero-order valence-electron chi connectivity index (χ0n) is 12.3. The minimum absolute atomic E-state index is 0.00701. The Balaban J connectivity index is 2.86. The molecule has 0 spiro atoms. The van der Waals surface area contributed by atoms with Crippen LogP contribution in [0.1, 0.15) is 36.6 Å². The second-order valence-corrected chi connectivity index (χ2v) is 6.09. The van der Waals surface area contributed by atoms with Crippen molar-refractivity contribution in [1.82, 2.24) is 10.2 Å². The molecule has 2 unspecified atom stereocenters. The van der Waals surface area contributed by atoms with E-state index >= 15 is 0 Å². The molecule has 3 N–H and O–H groups in total. The number of likely N-dealkylation sites (N-methyl/N-ethyl adjacent to an activating group) is 2. The van der Waals surface area contributed by atoms with Crippen LogP contribution in [-0.4, -0.2) is 36.5 Å². The highest BCUT2D eigenvalue weighted by atomic mass is 32.1. The van der Waals surface area contributed by atoms with Crippen LogP contribution in [0.3, 0.4) is 0 Å². The minimum atomic E-state index is -0.00701. The number of nitrogens with two attached hydrogens (primary N) is 1. The maximum absolute atomic E-state index is 11.8. The van der Waals surface area contributed by atoms with Gasteiger partial charge in [0, 0.05) is 22.3 Å². The molecule has 108 valence electrons. The van der Waals surface area contributed by atoms with Gasteiger partial charge in [-0.3, -0.25) is 9.69 Å². The maximum atomic E-state index is 11.8. The smallest absolute Gasteiger partial charge is 0.234 e. The fourth-order valence-electron chi connectivity index (χ4n) is 2.23. The third-order valence-corrected chi connectivity index (χ3v) is 4.14. The summed E-state index contributed by atoms with van der Waals surface area (Å²) in [6, 6.07) is 4.32. The Bertz CT molecular complexity index is 403. The van der Waals surface area contributed by atoms with Crippen LogP contribution in [0, 0.1) is 6.92 Å². The van der Waals surface area contributed by atoms with Crippen LogP contribution in [0.5, 0.6) is 0 Å². The number of thiophene rings is 1. The summed E-state index contributed by atoms with van der Waals surface area (Å²) in [5.41, 5.74) is 6.14. The third-order valence-electron chi connectivity index (χ3n) is 3.07. The summed E-state index contributed by atoms with van der Waals surface area (Å²) < 4.78 is 0. The van der Waals surface area contributed by atoms with Crippen molar-refractivity contribution in [2.75, 3.05) is 19.6 Å². The number of nitrogens with one attached hydrogen (secondary N) is 1. The van der Waals surface area contributed by atoms with Gasteiger partial charge in [-0.1, -0.05) is 6.92 Å². The van der Waals surface area contributed by atoms with Crippen LogP contribution < -0.4 is 11.1 Å². The molecule has 0 saturated carbocycles. The van der Waals surface area contributed by atoms with Gasteiger partial charge in [0.05, 0.1) is 12.6 Å². The number of carbonyl (C=O) groups excluding carboxylic acids is 1. The lowest BCUT2D eigenvalue weighted by atomic mass is 10.1. The highest BCUT2D eigenvalue weighted by Gasteiger charge is 2.25. The second-order valence-electron chi connectivity index (χ2n) is 4.77. The predicted molar refractivity (Wildman–Crippen MR) is 81.4 cm³/mol. The molecule has 0 saturated heterocycles. The first kappa shape index (κ1) is 16.1. The van der Waals surface area contributed by atoms with E-state index < -0.39 is 0 Å². The monoisotopic (exact) mass is 283 g/mol. The molecule has 1 heterocycles. The first-order chi connectivity index (χ1) is 8.99. The van der Waals surface area contributed by atoms with E-state index in [1.54, 1.807) is 11.3 Å². The Morgan fingerprint density at radius 1 is 1.47 bits per heavy atom. The van der Waals surface area contributed by atoms with E-state index in [4.69, 9.17) is 5.73 Å². The van der Waals surface area contributed by atoms with Gasteiger partial charge >= 0.3 is 0 Å². The molecule has 19 heavy (non-hydrogen) atoms. The van der Waals surface area contributed by atoms with Crippen LogP contribution in [-0.2, 0) is 4.79 Å². The lowest BCUT2D eigenvalue weighted by Crippen LogP contribution is -2.44. The van der Waals surface area contributed by atoms with Gasteiger partial charge in [-0.15, -0.1) is 11.3 Å². The van der Waals surface area contributed by atoms with E-state index in [0.717, 1.165) is 6.54 Å². The molecule has 4 nitrogen and oxygen atoms in total. The number of nitrogens with zero attached hydrogens (tertiary/aromatic N) is 1. The standard InChI is InChI=1S/C14H25N3OS/c1-5-16-13(18)9-17(6-2)14(11(4)15)12-8-7-10(3)19-12/h7-8,11,14H,5-6,9,15H2,1-4H3,(H,16,18). The summed E-state index contributed by atoms with van der Waals surface area (Å²) in [6.07, 6.45) is 0. The molecule has 2 atom stereocenters. The summed E-state index contributed by atoms with van der Waals surface area (Å²) in [5, 5.41) is 2.84. The maximum Gasteiger partial charge on any atom is 0.234 e. The van der Waals surface area contributed by atoms with E-state index in [1.165, 1.54) is 9.75 Å². The average Bonchev–Trinajstić information content (AvgIpc) is 2.74. The number of amides is 1. The Morgan fingerprint density at radius 2 is 2.16 bits per heavy atom. The first-order valence-corrected chi connectivity index (χ1v) is 7.63. The molecule has 0 bridgehead atoms. The van der Waals surface area contributed by atoms with Gasteiger partial charge in [0.15, 0.2) is 0 Å². The molecule has 0 aliphatic carbocycles. The van der Waals surface area contributed by atoms with Crippen molar-refractivity contribution in [3.8, 4) is 0 Å². The van der Waals surface area contributed by atoms with E-state index in [0.29, 0.717) is 13.1 Å². The molecular weight excluding hydrogens is 258 g/mol. The molecule has 5 heteroatoms. The number of carbonyl (C=O) groups is 1. The molecule has 1 aromatic heterocycles. The van der Waals surface area contributed by atoms with Gasteiger partial charge in [0.2, 0.25) is 5.91 Å². The lowest BCUT2D eigenvalue weighted by Gasteiger charge is -2.32. The Morgan fingerprint density at radius 3 is 2.58 bits per heavy atom. The predicted octanol–water partition coefficient (Wildman–Crippen LogP) is 1.90. The van der Waals surface area contributed by atoms with Gasteiger partial charge in [0.1, 0.15) is 0 Å².